The highest BCUT2D eigenvalue weighted by atomic mass is 16.3. The second kappa shape index (κ2) is 9.28. The molecule has 0 spiro atoms. The molecule has 3 aromatic rings. The molecular formula is C23H27N5O. The fourth-order valence-corrected chi connectivity index (χ4v) is 3.58. The van der Waals surface area contributed by atoms with Crippen molar-refractivity contribution in [2.75, 3.05) is 25.0 Å². The minimum atomic E-state index is 0.415. The molecule has 1 fully saturated rings. The number of benzene rings is 2. The summed E-state index contributed by atoms with van der Waals surface area (Å²) >= 11 is 0. The average molecular weight is 390 g/mol. The summed E-state index contributed by atoms with van der Waals surface area (Å²) in [6, 6.07) is 20.9. The molecule has 6 nitrogen and oxygen atoms in total. The van der Waals surface area contributed by atoms with Gasteiger partial charge in [-0.2, -0.15) is 0 Å². The molecule has 0 saturated carbocycles. The summed E-state index contributed by atoms with van der Waals surface area (Å²) in [6.45, 7) is 2.66. The number of nitrogens with one attached hydrogen (secondary N) is 2. The highest BCUT2D eigenvalue weighted by Crippen LogP contribution is 2.20. The predicted molar refractivity (Wildman–Crippen MR) is 117 cm³/mol. The van der Waals surface area contributed by atoms with Gasteiger partial charge in [0.05, 0.1) is 12.2 Å². The molecule has 0 radical (unpaired) electrons. The lowest BCUT2D eigenvalue weighted by molar-refractivity contribution is 0.461. The Hall–Kier alpha value is -3.28. The van der Waals surface area contributed by atoms with E-state index in [1.807, 2.05) is 30.3 Å². The molecule has 1 aliphatic rings. The van der Waals surface area contributed by atoms with Crippen LogP contribution in [0.25, 0.3) is 11.5 Å². The van der Waals surface area contributed by atoms with Gasteiger partial charge in [0.2, 0.25) is 5.89 Å². The molecule has 0 unspecified atom stereocenters. The molecule has 1 saturated heterocycles. The van der Waals surface area contributed by atoms with E-state index in [4.69, 9.17) is 4.42 Å². The van der Waals surface area contributed by atoms with Crippen LogP contribution in [0.2, 0.25) is 0 Å². The van der Waals surface area contributed by atoms with Crippen LogP contribution in [0.4, 0.5) is 5.69 Å². The number of nitrogens with zero attached hydrogens (tertiary/aromatic N) is 3. The number of hydrogen-bond donors (Lipinski definition) is 2. The van der Waals surface area contributed by atoms with Crippen LogP contribution in [0.15, 0.2) is 76.3 Å². The topological polar surface area (TPSA) is 65.7 Å². The van der Waals surface area contributed by atoms with Crippen LogP contribution >= 0.6 is 0 Å². The van der Waals surface area contributed by atoms with Gasteiger partial charge in [0.1, 0.15) is 6.26 Å². The van der Waals surface area contributed by atoms with Crippen molar-refractivity contribution in [2.45, 2.75) is 25.4 Å². The Morgan fingerprint density at radius 3 is 2.45 bits per heavy atom. The predicted octanol–water partition coefficient (Wildman–Crippen LogP) is 3.68. The molecule has 1 aliphatic heterocycles. The smallest absolute Gasteiger partial charge is 0.226 e. The molecule has 1 aromatic heterocycles. The second-order valence-corrected chi connectivity index (χ2v) is 7.18. The van der Waals surface area contributed by atoms with Crippen molar-refractivity contribution in [3.63, 3.8) is 0 Å². The van der Waals surface area contributed by atoms with Crippen LogP contribution in [0.3, 0.4) is 0 Å². The summed E-state index contributed by atoms with van der Waals surface area (Å²) in [5.41, 5.74) is 3.13. The summed E-state index contributed by atoms with van der Waals surface area (Å²) in [5.74, 6) is 1.44. The highest BCUT2D eigenvalue weighted by molar-refractivity contribution is 5.80. The third-order valence-corrected chi connectivity index (χ3v) is 5.19. The number of aromatic nitrogens is 1. The van der Waals surface area contributed by atoms with E-state index in [0.717, 1.165) is 43.1 Å². The minimum Gasteiger partial charge on any atom is -0.444 e. The zero-order chi connectivity index (χ0) is 19.9. The molecule has 150 valence electrons. The van der Waals surface area contributed by atoms with E-state index in [1.54, 1.807) is 13.3 Å². The first kappa shape index (κ1) is 19.1. The molecule has 4 rings (SSSR count). The van der Waals surface area contributed by atoms with Crippen LogP contribution in [0.1, 0.15) is 18.5 Å². The van der Waals surface area contributed by atoms with E-state index >= 15 is 0 Å². The number of rotatable bonds is 5. The molecule has 6 heteroatoms. The Morgan fingerprint density at radius 2 is 1.76 bits per heavy atom. The van der Waals surface area contributed by atoms with Gasteiger partial charge in [-0.05, 0) is 37.1 Å². The standard InChI is InChI=1S/C23H27N5O/c1-24-23(25-16-20-17-29-22(26-20)18-8-4-2-5-9-18)27-19-12-14-28(15-13-19)21-10-6-3-7-11-21/h2-11,17,19H,12-16H2,1H3,(H2,24,25,27). The maximum Gasteiger partial charge on any atom is 0.226 e. The molecule has 2 heterocycles. The lowest BCUT2D eigenvalue weighted by atomic mass is 10.0. The van der Waals surface area contributed by atoms with Gasteiger partial charge in [-0.3, -0.25) is 4.99 Å². The third kappa shape index (κ3) is 4.96. The number of aliphatic imine (C=N–C) groups is 1. The number of hydrogen-bond acceptors (Lipinski definition) is 4. The average Bonchev–Trinajstić information content (AvgIpc) is 3.27. The Bertz CT molecular complexity index is 915. The number of piperidine rings is 1. The van der Waals surface area contributed by atoms with Gasteiger partial charge < -0.3 is 20.0 Å². The SMILES string of the molecule is CN=C(NCc1coc(-c2ccccc2)n1)NC1CCN(c2ccccc2)CC1. The first-order valence-corrected chi connectivity index (χ1v) is 10.1. The minimum absolute atomic E-state index is 0.415. The Balaban J connectivity index is 1.26. The molecule has 0 amide bonds. The van der Waals surface area contributed by atoms with Crippen molar-refractivity contribution in [3.8, 4) is 11.5 Å². The van der Waals surface area contributed by atoms with E-state index < -0.39 is 0 Å². The van der Waals surface area contributed by atoms with Crippen LogP contribution in [0.5, 0.6) is 0 Å². The maximum absolute atomic E-state index is 5.60. The molecule has 0 aliphatic carbocycles. The monoisotopic (exact) mass is 389 g/mol. The van der Waals surface area contributed by atoms with E-state index in [-0.39, 0.29) is 0 Å². The molecule has 0 bridgehead atoms. The van der Waals surface area contributed by atoms with Crippen molar-refractivity contribution in [1.29, 1.82) is 0 Å². The number of oxazole rings is 1. The zero-order valence-corrected chi connectivity index (χ0v) is 16.7. The van der Waals surface area contributed by atoms with Gasteiger partial charge in [0.25, 0.3) is 0 Å². The van der Waals surface area contributed by atoms with Crippen molar-refractivity contribution in [3.05, 3.63) is 72.6 Å². The lowest BCUT2D eigenvalue weighted by Crippen LogP contribution is -2.48. The third-order valence-electron chi connectivity index (χ3n) is 5.19. The van der Waals surface area contributed by atoms with E-state index in [1.165, 1.54) is 5.69 Å². The lowest BCUT2D eigenvalue weighted by Gasteiger charge is -2.34. The maximum atomic E-state index is 5.60. The first-order chi connectivity index (χ1) is 14.3. The highest BCUT2D eigenvalue weighted by Gasteiger charge is 2.20. The fourth-order valence-electron chi connectivity index (χ4n) is 3.58. The van der Waals surface area contributed by atoms with Crippen molar-refractivity contribution >= 4 is 11.6 Å². The van der Waals surface area contributed by atoms with Crippen molar-refractivity contribution < 1.29 is 4.42 Å². The fraction of sp³-hybridized carbons (Fsp3) is 0.304. The van der Waals surface area contributed by atoms with Gasteiger partial charge in [-0.15, -0.1) is 0 Å². The second-order valence-electron chi connectivity index (χ2n) is 7.18. The summed E-state index contributed by atoms with van der Waals surface area (Å²) in [5, 5.41) is 6.88. The molecule has 2 aromatic carbocycles. The van der Waals surface area contributed by atoms with Crippen molar-refractivity contribution in [2.24, 2.45) is 4.99 Å². The Kier molecular flexibility index (Phi) is 6.10. The van der Waals surface area contributed by atoms with Gasteiger partial charge in [0.15, 0.2) is 5.96 Å². The largest absolute Gasteiger partial charge is 0.444 e. The van der Waals surface area contributed by atoms with E-state index in [9.17, 15) is 0 Å². The quantitative estimate of drug-likeness (QED) is 0.515. The summed E-state index contributed by atoms with van der Waals surface area (Å²) in [6.07, 6.45) is 3.86. The van der Waals surface area contributed by atoms with Gasteiger partial charge in [0, 0.05) is 37.4 Å². The van der Waals surface area contributed by atoms with Crippen LogP contribution in [-0.4, -0.2) is 37.1 Å². The summed E-state index contributed by atoms with van der Waals surface area (Å²) in [4.78, 5) is 11.4. The molecule has 29 heavy (non-hydrogen) atoms. The van der Waals surface area contributed by atoms with Crippen LogP contribution in [-0.2, 0) is 6.54 Å². The number of para-hydroxylation sites is 1. The summed E-state index contributed by atoms with van der Waals surface area (Å²) in [7, 11) is 1.80. The van der Waals surface area contributed by atoms with Crippen LogP contribution in [0, 0.1) is 0 Å². The Labute approximate surface area is 171 Å². The number of guanidine groups is 1. The van der Waals surface area contributed by atoms with E-state index in [2.05, 4.69) is 55.8 Å². The van der Waals surface area contributed by atoms with Crippen LogP contribution < -0.4 is 15.5 Å². The van der Waals surface area contributed by atoms with Gasteiger partial charge >= 0.3 is 0 Å². The summed E-state index contributed by atoms with van der Waals surface area (Å²) < 4.78 is 5.60. The normalized spacial score (nSPS) is 15.3. The Morgan fingerprint density at radius 1 is 1.07 bits per heavy atom. The number of anilines is 1. The molecule has 2 N–H and O–H groups in total. The molecule has 0 atom stereocenters. The van der Waals surface area contributed by atoms with Gasteiger partial charge in [-0.25, -0.2) is 4.98 Å². The van der Waals surface area contributed by atoms with Crippen molar-refractivity contribution in [1.82, 2.24) is 15.6 Å². The van der Waals surface area contributed by atoms with E-state index in [0.29, 0.717) is 18.5 Å². The molecular weight excluding hydrogens is 362 g/mol. The first-order valence-electron chi connectivity index (χ1n) is 10.1. The van der Waals surface area contributed by atoms with Gasteiger partial charge in [-0.1, -0.05) is 36.4 Å². The zero-order valence-electron chi connectivity index (χ0n) is 16.7.